The summed E-state index contributed by atoms with van der Waals surface area (Å²) in [6.45, 7) is 4.78. The van der Waals surface area contributed by atoms with Gasteiger partial charge in [-0.25, -0.2) is 9.59 Å². The number of nitrogens with one attached hydrogen (secondary N) is 1. The van der Waals surface area contributed by atoms with E-state index in [9.17, 15) is 9.59 Å². The molecule has 0 saturated heterocycles. The average molecular weight is 270 g/mol. The summed E-state index contributed by atoms with van der Waals surface area (Å²) in [7, 11) is 1.70. The van der Waals surface area contributed by atoms with Gasteiger partial charge in [-0.2, -0.15) is 0 Å². The minimum absolute atomic E-state index is 0.130. The summed E-state index contributed by atoms with van der Waals surface area (Å²) < 4.78 is 0. The maximum absolute atomic E-state index is 11.9. The van der Waals surface area contributed by atoms with Gasteiger partial charge in [0.25, 0.3) is 0 Å². The van der Waals surface area contributed by atoms with Gasteiger partial charge in [0.2, 0.25) is 0 Å². The molecule has 0 aliphatic carbocycles. The molecule has 0 spiro atoms. The first-order chi connectivity index (χ1) is 8.45. The van der Waals surface area contributed by atoms with Gasteiger partial charge in [0.15, 0.2) is 0 Å². The molecule has 6 heteroatoms. The van der Waals surface area contributed by atoms with Gasteiger partial charge in [-0.05, 0) is 17.4 Å². The van der Waals surface area contributed by atoms with Crippen molar-refractivity contribution in [3.8, 4) is 0 Å². The van der Waals surface area contributed by atoms with Gasteiger partial charge in [-0.15, -0.1) is 11.3 Å². The van der Waals surface area contributed by atoms with E-state index in [0.717, 1.165) is 6.42 Å². The molecule has 1 atom stereocenters. The Morgan fingerprint density at radius 2 is 2.22 bits per heavy atom. The number of nitrogens with zero attached hydrogens (tertiary/aromatic N) is 1. The molecule has 1 aromatic rings. The van der Waals surface area contributed by atoms with E-state index in [0.29, 0.717) is 17.5 Å². The molecule has 0 bridgehead atoms. The number of urea groups is 1. The van der Waals surface area contributed by atoms with Crippen molar-refractivity contribution in [2.45, 2.75) is 20.3 Å². The number of hydrogen-bond donors (Lipinski definition) is 2. The zero-order chi connectivity index (χ0) is 13.7. The summed E-state index contributed by atoms with van der Waals surface area (Å²) in [6, 6.07) is 1.21. The average Bonchev–Trinajstić information content (AvgIpc) is 2.76. The van der Waals surface area contributed by atoms with Crippen molar-refractivity contribution >= 4 is 28.3 Å². The summed E-state index contributed by atoms with van der Waals surface area (Å²) in [5.41, 5.74) is 0.130. The number of hydrogen-bond acceptors (Lipinski definition) is 3. The van der Waals surface area contributed by atoms with Gasteiger partial charge in [-0.3, -0.25) is 5.32 Å². The quantitative estimate of drug-likeness (QED) is 0.864. The van der Waals surface area contributed by atoms with Gasteiger partial charge in [-0.1, -0.05) is 20.3 Å². The molecular formula is C12H18N2O3S. The van der Waals surface area contributed by atoms with Crippen LogP contribution in [-0.2, 0) is 0 Å². The predicted octanol–water partition coefficient (Wildman–Crippen LogP) is 2.96. The molecule has 2 amide bonds. The number of amides is 2. The fraction of sp³-hybridized carbons (Fsp3) is 0.500. The van der Waals surface area contributed by atoms with Gasteiger partial charge in [0.05, 0.1) is 5.56 Å². The third kappa shape index (κ3) is 3.73. The minimum Gasteiger partial charge on any atom is -0.478 e. The molecule has 1 rings (SSSR count). The van der Waals surface area contributed by atoms with E-state index in [2.05, 4.69) is 19.2 Å². The Morgan fingerprint density at radius 3 is 2.78 bits per heavy atom. The highest BCUT2D eigenvalue weighted by molar-refractivity contribution is 7.14. The Hall–Kier alpha value is -1.56. The number of anilines is 1. The molecule has 0 aliphatic heterocycles. The van der Waals surface area contributed by atoms with Crippen LogP contribution in [0, 0.1) is 5.92 Å². The lowest BCUT2D eigenvalue weighted by Gasteiger charge is -2.20. The molecule has 5 nitrogen and oxygen atoms in total. The van der Waals surface area contributed by atoms with E-state index in [4.69, 9.17) is 5.11 Å². The Balaban J connectivity index is 2.64. The zero-order valence-corrected chi connectivity index (χ0v) is 11.6. The summed E-state index contributed by atoms with van der Waals surface area (Å²) >= 11 is 1.21. The van der Waals surface area contributed by atoms with Crippen LogP contribution in [0.15, 0.2) is 11.4 Å². The second-order valence-corrected chi connectivity index (χ2v) is 5.21. The van der Waals surface area contributed by atoms with Crippen molar-refractivity contribution in [3.63, 3.8) is 0 Å². The molecule has 2 N–H and O–H groups in total. The van der Waals surface area contributed by atoms with Crippen LogP contribution in [-0.4, -0.2) is 35.6 Å². The molecule has 0 aliphatic rings. The minimum atomic E-state index is -1.03. The van der Waals surface area contributed by atoms with E-state index in [-0.39, 0.29) is 11.6 Å². The van der Waals surface area contributed by atoms with Gasteiger partial charge < -0.3 is 10.0 Å². The van der Waals surface area contributed by atoms with Crippen LogP contribution in [0.4, 0.5) is 9.80 Å². The molecular weight excluding hydrogens is 252 g/mol. The highest BCUT2D eigenvalue weighted by atomic mass is 32.1. The second-order valence-electron chi connectivity index (χ2n) is 4.29. The van der Waals surface area contributed by atoms with Crippen LogP contribution < -0.4 is 5.32 Å². The van der Waals surface area contributed by atoms with Crippen LogP contribution in [0.1, 0.15) is 30.6 Å². The fourth-order valence-corrected chi connectivity index (χ4v) is 2.22. The van der Waals surface area contributed by atoms with Crippen LogP contribution in [0.25, 0.3) is 0 Å². The Morgan fingerprint density at radius 1 is 1.56 bits per heavy atom. The van der Waals surface area contributed by atoms with E-state index >= 15 is 0 Å². The molecule has 0 fully saturated rings. The maximum Gasteiger partial charge on any atom is 0.338 e. The fourth-order valence-electron chi connectivity index (χ4n) is 1.45. The molecule has 1 heterocycles. The first kappa shape index (κ1) is 14.5. The van der Waals surface area contributed by atoms with Crippen molar-refractivity contribution < 1.29 is 14.7 Å². The molecule has 1 aromatic heterocycles. The summed E-state index contributed by atoms with van der Waals surface area (Å²) in [5, 5.41) is 13.6. The van der Waals surface area contributed by atoms with Gasteiger partial charge in [0.1, 0.15) is 5.00 Å². The lowest BCUT2D eigenvalue weighted by atomic mass is 10.1. The Labute approximate surface area is 110 Å². The third-order valence-corrected chi connectivity index (χ3v) is 3.58. The van der Waals surface area contributed by atoms with Crippen LogP contribution >= 0.6 is 11.3 Å². The van der Waals surface area contributed by atoms with Crippen molar-refractivity contribution in [1.82, 2.24) is 4.90 Å². The molecule has 100 valence electrons. The number of carboxylic acids is 1. The lowest BCUT2D eigenvalue weighted by Crippen LogP contribution is -2.34. The van der Waals surface area contributed by atoms with Crippen molar-refractivity contribution in [2.75, 3.05) is 18.9 Å². The summed E-state index contributed by atoms with van der Waals surface area (Å²) in [6.07, 6.45) is 0.997. The monoisotopic (exact) mass is 270 g/mol. The number of carbonyl (C=O) groups is 2. The first-order valence-electron chi connectivity index (χ1n) is 5.78. The topological polar surface area (TPSA) is 69.6 Å². The molecule has 0 saturated carbocycles. The molecule has 0 aromatic carbocycles. The second kappa shape index (κ2) is 6.39. The highest BCUT2D eigenvalue weighted by Crippen LogP contribution is 2.23. The van der Waals surface area contributed by atoms with E-state index in [1.165, 1.54) is 17.4 Å². The molecule has 1 unspecified atom stereocenters. The number of carboxylic acid groups (broad SMARTS) is 1. The van der Waals surface area contributed by atoms with Crippen molar-refractivity contribution in [3.05, 3.63) is 17.0 Å². The van der Waals surface area contributed by atoms with E-state index in [1.54, 1.807) is 17.3 Å². The van der Waals surface area contributed by atoms with Crippen LogP contribution in [0.2, 0.25) is 0 Å². The smallest absolute Gasteiger partial charge is 0.338 e. The normalized spacial score (nSPS) is 11.9. The SMILES string of the molecule is CCC(C)CN(C)C(=O)Nc1sccc1C(=O)O. The molecule has 18 heavy (non-hydrogen) atoms. The van der Waals surface area contributed by atoms with Crippen molar-refractivity contribution in [1.29, 1.82) is 0 Å². The number of thiophene rings is 1. The Kier molecular flexibility index (Phi) is 5.15. The number of rotatable bonds is 5. The van der Waals surface area contributed by atoms with Gasteiger partial charge in [0, 0.05) is 13.6 Å². The highest BCUT2D eigenvalue weighted by Gasteiger charge is 2.16. The largest absolute Gasteiger partial charge is 0.478 e. The van der Waals surface area contributed by atoms with E-state index < -0.39 is 5.97 Å². The summed E-state index contributed by atoms with van der Waals surface area (Å²) in [4.78, 5) is 24.3. The summed E-state index contributed by atoms with van der Waals surface area (Å²) in [5.74, 6) is -0.612. The van der Waals surface area contributed by atoms with Crippen LogP contribution in [0.3, 0.4) is 0 Å². The van der Waals surface area contributed by atoms with Crippen LogP contribution in [0.5, 0.6) is 0 Å². The molecule has 0 radical (unpaired) electrons. The maximum atomic E-state index is 11.9. The van der Waals surface area contributed by atoms with Crippen molar-refractivity contribution in [2.24, 2.45) is 5.92 Å². The zero-order valence-electron chi connectivity index (χ0n) is 10.8. The van der Waals surface area contributed by atoms with E-state index in [1.807, 2.05) is 0 Å². The predicted molar refractivity (Wildman–Crippen MR) is 72.4 cm³/mol. The lowest BCUT2D eigenvalue weighted by molar-refractivity contribution is 0.0698. The number of aromatic carboxylic acids is 1. The Bertz CT molecular complexity index is 431. The standard InChI is InChI=1S/C12H18N2O3S/c1-4-8(2)7-14(3)12(17)13-10-9(11(15)16)5-6-18-10/h5-6,8H,4,7H2,1-3H3,(H,13,17)(H,15,16). The number of carbonyl (C=O) groups excluding carboxylic acids is 1. The third-order valence-electron chi connectivity index (χ3n) is 2.75. The van der Waals surface area contributed by atoms with Gasteiger partial charge >= 0.3 is 12.0 Å². The first-order valence-corrected chi connectivity index (χ1v) is 6.66.